The van der Waals surface area contributed by atoms with Crippen LogP contribution in [0, 0.1) is 0 Å². The molecule has 0 radical (unpaired) electrons. The van der Waals surface area contributed by atoms with Crippen LogP contribution in [0.4, 0.5) is 0 Å². The molecule has 0 aliphatic carbocycles. The van der Waals surface area contributed by atoms with Crippen LogP contribution in [0.1, 0.15) is 0 Å². The SMILES string of the molecule is c1ccc(-c2nc(-c3ccc(-c4ccc(-c5cccc6oc7ccncc7c56)c5ccccc45)cc3)nc(-c3cccc4oc5ccncc5c34)n2)cc1. The summed E-state index contributed by atoms with van der Waals surface area (Å²) in [5.74, 6) is 1.75. The lowest BCUT2D eigenvalue weighted by atomic mass is 9.90. The van der Waals surface area contributed by atoms with Crippen LogP contribution >= 0.6 is 0 Å². The van der Waals surface area contributed by atoms with Gasteiger partial charge in [-0.25, -0.2) is 15.0 Å². The lowest BCUT2D eigenvalue weighted by Crippen LogP contribution is -2.00. The van der Waals surface area contributed by atoms with Gasteiger partial charge in [0.2, 0.25) is 0 Å². The Hall–Kier alpha value is -7.51. The van der Waals surface area contributed by atoms with E-state index in [-0.39, 0.29) is 0 Å². The van der Waals surface area contributed by atoms with Crippen molar-refractivity contribution in [3.63, 3.8) is 0 Å². The standard InChI is InChI=1S/C47H27N5O2/c1-2-8-29(9-3-1)45-50-46(52-47(51-45)36-13-7-15-42-44(36)38-27-49-25-23-40(38)54-42)30-18-16-28(17-19-30)31-20-21-34(33-11-5-4-10-32(31)33)35-12-6-14-41-43(35)37-26-48-24-22-39(37)53-41/h1-27H. The molecule has 0 saturated carbocycles. The van der Waals surface area contributed by atoms with Gasteiger partial charge < -0.3 is 8.83 Å². The Morgan fingerprint density at radius 2 is 0.833 bits per heavy atom. The third-order valence-corrected chi connectivity index (χ3v) is 10.2. The molecule has 0 N–H and O–H groups in total. The summed E-state index contributed by atoms with van der Waals surface area (Å²) in [6, 6.07) is 47.5. The Morgan fingerprint density at radius 1 is 0.315 bits per heavy atom. The summed E-state index contributed by atoms with van der Waals surface area (Å²) >= 11 is 0. The number of fused-ring (bicyclic) bond motifs is 7. The monoisotopic (exact) mass is 693 g/mol. The second-order valence-corrected chi connectivity index (χ2v) is 13.3. The third kappa shape index (κ3) is 4.79. The van der Waals surface area contributed by atoms with E-state index < -0.39 is 0 Å². The number of nitrogens with zero attached hydrogens (tertiary/aromatic N) is 5. The Morgan fingerprint density at radius 3 is 1.50 bits per heavy atom. The second kappa shape index (κ2) is 12.0. The molecule has 0 aliphatic rings. The van der Waals surface area contributed by atoms with Crippen LogP contribution < -0.4 is 0 Å². The highest BCUT2D eigenvalue weighted by molar-refractivity contribution is 6.16. The van der Waals surface area contributed by atoms with Gasteiger partial charge in [-0.2, -0.15) is 0 Å². The number of rotatable bonds is 5. The number of pyridine rings is 2. The van der Waals surface area contributed by atoms with Gasteiger partial charge in [0.05, 0.1) is 0 Å². The van der Waals surface area contributed by atoms with Gasteiger partial charge in [0.15, 0.2) is 17.5 Å². The van der Waals surface area contributed by atoms with Gasteiger partial charge in [0.25, 0.3) is 0 Å². The van der Waals surface area contributed by atoms with Gasteiger partial charge in [0, 0.05) is 63.0 Å². The average Bonchev–Trinajstić information content (AvgIpc) is 3.82. The van der Waals surface area contributed by atoms with Crippen molar-refractivity contribution in [2.24, 2.45) is 0 Å². The average molecular weight is 694 g/mol. The van der Waals surface area contributed by atoms with Gasteiger partial charge in [-0.3, -0.25) is 9.97 Å². The fourth-order valence-electron chi connectivity index (χ4n) is 7.68. The normalized spacial score (nSPS) is 11.7. The van der Waals surface area contributed by atoms with Crippen LogP contribution in [0.25, 0.3) is 111 Å². The van der Waals surface area contributed by atoms with Crippen molar-refractivity contribution in [2.45, 2.75) is 0 Å². The predicted octanol–water partition coefficient (Wildman–Crippen LogP) is 11.9. The van der Waals surface area contributed by atoms with E-state index in [0.717, 1.165) is 93.6 Å². The van der Waals surface area contributed by atoms with Crippen LogP contribution in [0.2, 0.25) is 0 Å². The van der Waals surface area contributed by atoms with Gasteiger partial charge in [0.1, 0.15) is 22.3 Å². The smallest absolute Gasteiger partial charge is 0.164 e. The van der Waals surface area contributed by atoms with Crippen LogP contribution in [0.3, 0.4) is 0 Å². The largest absolute Gasteiger partial charge is 0.456 e. The minimum atomic E-state index is 0.567. The van der Waals surface area contributed by atoms with Crippen molar-refractivity contribution in [3.05, 3.63) is 164 Å². The lowest BCUT2D eigenvalue weighted by molar-refractivity contribution is 0.668. The molecule has 0 saturated heterocycles. The maximum atomic E-state index is 6.20. The molecule has 7 heteroatoms. The fraction of sp³-hybridized carbons (Fsp3) is 0. The molecule has 11 aromatic rings. The first-order chi connectivity index (χ1) is 26.8. The molecular weight excluding hydrogens is 667 g/mol. The van der Waals surface area contributed by atoms with E-state index in [1.807, 2.05) is 79.1 Å². The molecule has 0 spiro atoms. The molecule has 252 valence electrons. The summed E-state index contributed by atoms with van der Waals surface area (Å²) in [4.78, 5) is 23.9. The molecule has 0 amide bonds. The third-order valence-electron chi connectivity index (χ3n) is 10.2. The quantitative estimate of drug-likeness (QED) is 0.177. The van der Waals surface area contributed by atoms with Crippen molar-refractivity contribution in [2.75, 3.05) is 0 Å². The summed E-state index contributed by atoms with van der Waals surface area (Å²) in [6.45, 7) is 0. The molecule has 54 heavy (non-hydrogen) atoms. The van der Waals surface area contributed by atoms with Gasteiger partial charge in [-0.15, -0.1) is 0 Å². The van der Waals surface area contributed by atoms with Gasteiger partial charge in [-0.05, 0) is 57.3 Å². The molecule has 5 heterocycles. The Labute approximate surface area is 308 Å². The van der Waals surface area contributed by atoms with Crippen LogP contribution in [0.15, 0.2) is 173 Å². The van der Waals surface area contributed by atoms with E-state index in [4.69, 9.17) is 23.8 Å². The zero-order chi connectivity index (χ0) is 35.6. The zero-order valence-corrected chi connectivity index (χ0v) is 28.6. The first-order valence-corrected chi connectivity index (χ1v) is 17.7. The van der Waals surface area contributed by atoms with E-state index in [2.05, 4.69) is 82.8 Å². The molecule has 11 rings (SSSR count). The molecule has 7 nitrogen and oxygen atoms in total. The van der Waals surface area contributed by atoms with E-state index in [9.17, 15) is 0 Å². The van der Waals surface area contributed by atoms with Crippen molar-refractivity contribution in [3.8, 4) is 56.4 Å². The number of furan rings is 2. The van der Waals surface area contributed by atoms with Gasteiger partial charge in [-0.1, -0.05) is 115 Å². The highest BCUT2D eigenvalue weighted by Gasteiger charge is 2.19. The lowest BCUT2D eigenvalue weighted by Gasteiger charge is -2.13. The number of hydrogen-bond acceptors (Lipinski definition) is 7. The summed E-state index contributed by atoms with van der Waals surface area (Å²) in [5, 5.41) is 6.25. The van der Waals surface area contributed by atoms with E-state index in [1.165, 1.54) is 0 Å². The molecule has 0 aliphatic heterocycles. The van der Waals surface area contributed by atoms with E-state index >= 15 is 0 Å². The second-order valence-electron chi connectivity index (χ2n) is 13.3. The van der Waals surface area contributed by atoms with E-state index in [0.29, 0.717) is 17.5 Å². The molecule has 5 aromatic heterocycles. The van der Waals surface area contributed by atoms with E-state index in [1.54, 1.807) is 12.4 Å². The predicted molar refractivity (Wildman–Crippen MR) is 215 cm³/mol. The van der Waals surface area contributed by atoms with Crippen LogP contribution in [0.5, 0.6) is 0 Å². The Kier molecular flexibility index (Phi) is 6.72. The van der Waals surface area contributed by atoms with Crippen molar-refractivity contribution in [1.29, 1.82) is 0 Å². The summed E-state index contributed by atoms with van der Waals surface area (Å²) in [6.07, 6.45) is 7.22. The number of benzene rings is 6. The zero-order valence-electron chi connectivity index (χ0n) is 28.6. The molecular formula is C47H27N5O2. The Bertz CT molecular complexity index is 3220. The summed E-state index contributed by atoms with van der Waals surface area (Å²) in [7, 11) is 0. The van der Waals surface area contributed by atoms with Crippen LogP contribution in [-0.4, -0.2) is 24.9 Å². The van der Waals surface area contributed by atoms with Crippen LogP contribution in [-0.2, 0) is 0 Å². The van der Waals surface area contributed by atoms with Crippen molar-refractivity contribution in [1.82, 2.24) is 24.9 Å². The van der Waals surface area contributed by atoms with Crippen molar-refractivity contribution < 1.29 is 8.83 Å². The number of hydrogen-bond donors (Lipinski definition) is 0. The first kappa shape index (κ1) is 30.1. The summed E-state index contributed by atoms with van der Waals surface area (Å²) in [5.41, 5.74) is 10.4. The highest BCUT2D eigenvalue weighted by atomic mass is 16.3. The maximum Gasteiger partial charge on any atom is 0.164 e. The van der Waals surface area contributed by atoms with Crippen molar-refractivity contribution >= 4 is 54.6 Å². The molecule has 0 fully saturated rings. The number of aromatic nitrogens is 5. The molecule has 6 aromatic carbocycles. The topological polar surface area (TPSA) is 90.7 Å². The molecule has 0 bridgehead atoms. The summed E-state index contributed by atoms with van der Waals surface area (Å²) < 4.78 is 12.4. The highest BCUT2D eigenvalue weighted by Crippen LogP contribution is 2.42. The minimum Gasteiger partial charge on any atom is -0.456 e. The first-order valence-electron chi connectivity index (χ1n) is 17.7. The fourth-order valence-corrected chi connectivity index (χ4v) is 7.68. The Balaban J connectivity index is 1.04. The van der Waals surface area contributed by atoms with Gasteiger partial charge >= 0.3 is 0 Å². The minimum absolute atomic E-state index is 0.567. The molecule has 0 unspecified atom stereocenters. The maximum absolute atomic E-state index is 6.20. The molecule has 0 atom stereocenters.